The molecule has 0 unspecified atom stereocenters. The zero-order valence-corrected chi connectivity index (χ0v) is 19.5. The average Bonchev–Trinajstić information content (AvgIpc) is 3.35. The summed E-state index contributed by atoms with van der Waals surface area (Å²) in [5.41, 5.74) is 3.88. The van der Waals surface area contributed by atoms with E-state index in [2.05, 4.69) is 43.6 Å². The number of benzene rings is 2. The first-order chi connectivity index (χ1) is 15.0. The Morgan fingerprint density at radius 2 is 1.94 bits per heavy atom. The van der Waals surface area contributed by atoms with E-state index in [0.29, 0.717) is 11.7 Å². The summed E-state index contributed by atoms with van der Waals surface area (Å²) in [6, 6.07) is 17.8. The van der Waals surface area contributed by atoms with Crippen molar-refractivity contribution in [1.82, 2.24) is 14.8 Å². The average molecular weight is 497 g/mol. The van der Waals surface area contributed by atoms with E-state index in [-0.39, 0.29) is 11.7 Å². The molecule has 2 aromatic heterocycles. The van der Waals surface area contributed by atoms with Crippen LogP contribution in [0.5, 0.6) is 0 Å². The molecule has 0 radical (unpaired) electrons. The first-order valence-electron chi connectivity index (χ1n) is 9.71. The first kappa shape index (κ1) is 21.4. The summed E-state index contributed by atoms with van der Waals surface area (Å²) in [5, 5.41) is 12.4. The molecule has 0 aliphatic heterocycles. The molecule has 0 aliphatic carbocycles. The summed E-state index contributed by atoms with van der Waals surface area (Å²) < 4.78 is 8.34. The molecule has 0 atom stereocenters. The van der Waals surface area contributed by atoms with Crippen LogP contribution in [0.3, 0.4) is 0 Å². The molecule has 1 N–H and O–H groups in total. The number of furan rings is 1. The molecule has 2 aromatic carbocycles. The van der Waals surface area contributed by atoms with Crippen LogP contribution in [0, 0.1) is 13.8 Å². The van der Waals surface area contributed by atoms with Crippen molar-refractivity contribution in [2.75, 3.05) is 11.1 Å². The number of aryl methyl sites for hydroxylation is 2. The van der Waals surface area contributed by atoms with Crippen molar-refractivity contribution in [2.24, 2.45) is 0 Å². The Balaban J connectivity index is 1.54. The van der Waals surface area contributed by atoms with Gasteiger partial charge in [0.1, 0.15) is 5.76 Å². The van der Waals surface area contributed by atoms with Gasteiger partial charge >= 0.3 is 0 Å². The number of amides is 1. The molecule has 31 heavy (non-hydrogen) atoms. The fraction of sp³-hybridized carbons (Fsp3) is 0.174. The summed E-state index contributed by atoms with van der Waals surface area (Å²) >= 11 is 4.85. The lowest BCUT2D eigenvalue weighted by Gasteiger charge is -2.11. The maximum absolute atomic E-state index is 12.6. The minimum atomic E-state index is -0.107. The third-order valence-corrected chi connectivity index (χ3v) is 6.35. The molecule has 8 heteroatoms. The minimum absolute atomic E-state index is 0.107. The molecule has 2 heterocycles. The van der Waals surface area contributed by atoms with Crippen LogP contribution in [0.25, 0.3) is 11.4 Å². The highest BCUT2D eigenvalue weighted by atomic mass is 79.9. The lowest BCUT2D eigenvalue weighted by Crippen LogP contribution is -2.15. The minimum Gasteiger partial charge on any atom is -0.469 e. The number of hydrogen-bond donors (Lipinski definition) is 1. The predicted molar refractivity (Wildman–Crippen MR) is 126 cm³/mol. The second-order valence-corrected chi connectivity index (χ2v) is 8.89. The number of nitrogens with one attached hydrogen (secondary N) is 1. The van der Waals surface area contributed by atoms with Gasteiger partial charge in [0, 0.05) is 4.47 Å². The van der Waals surface area contributed by atoms with E-state index in [1.54, 1.807) is 6.26 Å². The Morgan fingerprint density at radius 1 is 1.13 bits per heavy atom. The zero-order valence-electron chi connectivity index (χ0n) is 17.1. The Kier molecular flexibility index (Phi) is 6.58. The molecule has 0 saturated carbocycles. The van der Waals surface area contributed by atoms with E-state index in [4.69, 9.17) is 4.42 Å². The molecule has 4 aromatic rings. The lowest BCUT2D eigenvalue weighted by atomic mass is 10.2. The van der Waals surface area contributed by atoms with Gasteiger partial charge in [0.2, 0.25) is 5.91 Å². The lowest BCUT2D eigenvalue weighted by molar-refractivity contribution is -0.113. The van der Waals surface area contributed by atoms with Crippen molar-refractivity contribution in [1.29, 1.82) is 0 Å². The molecule has 0 spiro atoms. The molecule has 6 nitrogen and oxygen atoms in total. The first-order valence-corrected chi connectivity index (χ1v) is 11.5. The summed E-state index contributed by atoms with van der Waals surface area (Å²) in [6.07, 6.45) is 1.64. The molecule has 0 aliphatic rings. The van der Waals surface area contributed by atoms with Crippen LogP contribution in [0.2, 0.25) is 0 Å². The smallest absolute Gasteiger partial charge is 0.234 e. The number of halogens is 1. The van der Waals surface area contributed by atoms with Crippen LogP contribution in [0.4, 0.5) is 5.69 Å². The Hall–Kier alpha value is -2.84. The van der Waals surface area contributed by atoms with Crippen molar-refractivity contribution in [3.8, 4) is 11.4 Å². The number of nitrogens with zero attached hydrogens (tertiary/aromatic N) is 3. The second kappa shape index (κ2) is 9.53. The SMILES string of the molecule is Cc1ccc(NC(=O)CSc2nnc(-c3ccoc3C)n2Cc2ccccc2)c(Br)c1. The quantitative estimate of drug-likeness (QED) is 0.332. The Morgan fingerprint density at radius 3 is 2.65 bits per heavy atom. The summed E-state index contributed by atoms with van der Waals surface area (Å²) in [5.74, 6) is 1.61. The van der Waals surface area contributed by atoms with Gasteiger partial charge < -0.3 is 9.73 Å². The van der Waals surface area contributed by atoms with Gasteiger partial charge in [0.25, 0.3) is 0 Å². The van der Waals surface area contributed by atoms with Crippen LogP contribution in [0.1, 0.15) is 16.9 Å². The standard InChI is InChI=1S/C23H21BrN4O2S/c1-15-8-9-20(19(24)12-15)25-21(29)14-31-23-27-26-22(18-10-11-30-16(18)2)28(23)13-17-6-4-3-5-7-17/h3-12H,13-14H2,1-2H3,(H,25,29). The normalized spacial score (nSPS) is 10.9. The molecule has 0 saturated heterocycles. The summed E-state index contributed by atoms with van der Waals surface area (Å²) in [7, 11) is 0. The van der Waals surface area contributed by atoms with E-state index in [1.165, 1.54) is 11.8 Å². The van der Waals surface area contributed by atoms with Gasteiger partial charge in [-0.25, -0.2) is 0 Å². The summed E-state index contributed by atoms with van der Waals surface area (Å²) in [6.45, 7) is 4.50. The van der Waals surface area contributed by atoms with Gasteiger partial charge in [0.05, 0.1) is 29.8 Å². The van der Waals surface area contributed by atoms with E-state index in [0.717, 1.165) is 38.4 Å². The van der Waals surface area contributed by atoms with Gasteiger partial charge in [-0.2, -0.15) is 0 Å². The number of carbonyl (C=O) groups excluding carboxylic acids is 1. The third kappa shape index (κ3) is 5.08. The van der Waals surface area contributed by atoms with Crippen LogP contribution in [-0.2, 0) is 11.3 Å². The van der Waals surface area contributed by atoms with Crippen LogP contribution < -0.4 is 5.32 Å². The predicted octanol–water partition coefficient (Wildman–Crippen LogP) is 5.70. The molecule has 0 bridgehead atoms. The highest BCUT2D eigenvalue weighted by Gasteiger charge is 2.19. The number of rotatable bonds is 7. The molecular formula is C23H21BrN4O2S. The number of anilines is 1. The van der Waals surface area contributed by atoms with E-state index in [1.807, 2.05) is 60.9 Å². The van der Waals surface area contributed by atoms with E-state index >= 15 is 0 Å². The van der Waals surface area contributed by atoms with Crippen molar-refractivity contribution in [3.63, 3.8) is 0 Å². The molecule has 4 rings (SSSR count). The van der Waals surface area contributed by atoms with Crippen molar-refractivity contribution in [3.05, 3.63) is 82.2 Å². The highest BCUT2D eigenvalue weighted by molar-refractivity contribution is 9.10. The molecular weight excluding hydrogens is 476 g/mol. The Bertz CT molecular complexity index is 1200. The van der Waals surface area contributed by atoms with Crippen molar-refractivity contribution in [2.45, 2.75) is 25.5 Å². The van der Waals surface area contributed by atoms with Crippen molar-refractivity contribution < 1.29 is 9.21 Å². The zero-order chi connectivity index (χ0) is 21.8. The summed E-state index contributed by atoms with van der Waals surface area (Å²) in [4.78, 5) is 12.6. The number of thioether (sulfide) groups is 1. The fourth-order valence-electron chi connectivity index (χ4n) is 3.16. The van der Waals surface area contributed by atoms with Crippen molar-refractivity contribution >= 4 is 39.3 Å². The Labute approximate surface area is 193 Å². The van der Waals surface area contributed by atoms with Gasteiger partial charge in [-0.05, 0) is 59.1 Å². The largest absolute Gasteiger partial charge is 0.469 e. The maximum atomic E-state index is 12.6. The number of carbonyl (C=O) groups is 1. The van der Waals surface area contributed by atoms with Gasteiger partial charge in [-0.15, -0.1) is 10.2 Å². The molecule has 0 fully saturated rings. The van der Waals surface area contributed by atoms with Crippen LogP contribution in [0.15, 0.2) is 74.9 Å². The van der Waals surface area contributed by atoms with Gasteiger partial charge in [-0.1, -0.05) is 48.2 Å². The highest BCUT2D eigenvalue weighted by Crippen LogP contribution is 2.28. The van der Waals surface area contributed by atoms with Crippen LogP contribution in [-0.4, -0.2) is 26.4 Å². The molecule has 1 amide bonds. The van der Waals surface area contributed by atoms with E-state index < -0.39 is 0 Å². The number of aromatic nitrogens is 3. The molecule has 158 valence electrons. The maximum Gasteiger partial charge on any atom is 0.234 e. The van der Waals surface area contributed by atoms with Gasteiger partial charge in [0.15, 0.2) is 11.0 Å². The van der Waals surface area contributed by atoms with Gasteiger partial charge in [-0.3, -0.25) is 9.36 Å². The number of hydrogen-bond acceptors (Lipinski definition) is 5. The fourth-order valence-corrected chi connectivity index (χ4v) is 4.49. The van der Waals surface area contributed by atoms with E-state index in [9.17, 15) is 4.79 Å². The van der Waals surface area contributed by atoms with Crippen LogP contribution >= 0.6 is 27.7 Å². The topological polar surface area (TPSA) is 73.0 Å². The third-order valence-electron chi connectivity index (χ3n) is 4.73. The second-order valence-electron chi connectivity index (χ2n) is 7.09. The monoisotopic (exact) mass is 496 g/mol.